The Balaban J connectivity index is 2.57. The molecule has 0 aliphatic carbocycles. The maximum atomic E-state index is 5.80. The fraction of sp³-hybridized carbons (Fsp3) is 0.667. The van der Waals surface area contributed by atoms with Crippen molar-refractivity contribution in [1.29, 1.82) is 0 Å². The van der Waals surface area contributed by atoms with Gasteiger partial charge in [-0.25, -0.2) is 9.97 Å². The number of nitrogens with one attached hydrogen (secondary N) is 1. The van der Waals surface area contributed by atoms with Gasteiger partial charge in [0.15, 0.2) is 0 Å². The molecule has 1 aromatic rings. The van der Waals surface area contributed by atoms with Crippen molar-refractivity contribution < 1.29 is 0 Å². The van der Waals surface area contributed by atoms with E-state index in [0.29, 0.717) is 11.6 Å². The lowest BCUT2D eigenvalue weighted by molar-refractivity contribution is 0.316. The van der Waals surface area contributed by atoms with Crippen LogP contribution >= 0.6 is 0 Å². The fourth-order valence-electron chi connectivity index (χ4n) is 1.69. The lowest BCUT2D eigenvalue weighted by Gasteiger charge is -2.18. The Labute approximate surface area is 103 Å². The highest BCUT2D eigenvalue weighted by atomic mass is 15.1. The zero-order chi connectivity index (χ0) is 12.8. The van der Waals surface area contributed by atoms with E-state index >= 15 is 0 Å². The molecule has 3 N–H and O–H groups in total. The Bertz CT molecular complexity index is 360. The first-order valence-electron chi connectivity index (χ1n) is 6.15. The van der Waals surface area contributed by atoms with Crippen LogP contribution in [0.4, 0.5) is 11.6 Å². The summed E-state index contributed by atoms with van der Waals surface area (Å²) in [6.45, 7) is 12.2. The van der Waals surface area contributed by atoms with Crippen molar-refractivity contribution in [2.75, 3.05) is 37.2 Å². The predicted molar refractivity (Wildman–Crippen MR) is 72.2 cm³/mol. The molecule has 0 radical (unpaired) electrons. The van der Waals surface area contributed by atoms with Gasteiger partial charge in [0.25, 0.3) is 0 Å². The highest BCUT2D eigenvalue weighted by Gasteiger charge is 2.06. The molecule has 0 aromatic carbocycles. The number of aromatic nitrogens is 2. The molecular formula is C12H23N5. The number of rotatable bonds is 6. The topological polar surface area (TPSA) is 67.1 Å². The maximum Gasteiger partial charge on any atom is 0.134 e. The minimum absolute atomic E-state index is 0.558. The zero-order valence-electron chi connectivity index (χ0n) is 11.2. The van der Waals surface area contributed by atoms with E-state index in [2.05, 4.69) is 34.0 Å². The van der Waals surface area contributed by atoms with Crippen molar-refractivity contribution in [1.82, 2.24) is 14.9 Å². The van der Waals surface area contributed by atoms with E-state index in [-0.39, 0.29) is 0 Å². The molecule has 1 heterocycles. The van der Waals surface area contributed by atoms with E-state index in [1.165, 1.54) is 0 Å². The normalized spacial score (nSPS) is 10.9. The second-order valence-corrected chi connectivity index (χ2v) is 4.08. The molecule has 1 aromatic heterocycles. The monoisotopic (exact) mass is 237 g/mol. The summed E-state index contributed by atoms with van der Waals surface area (Å²) in [6, 6.07) is 0. The van der Waals surface area contributed by atoms with E-state index in [1.54, 1.807) is 0 Å². The summed E-state index contributed by atoms with van der Waals surface area (Å²) < 4.78 is 0. The Hall–Kier alpha value is -1.36. The van der Waals surface area contributed by atoms with Crippen LogP contribution in [0.3, 0.4) is 0 Å². The highest BCUT2D eigenvalue weighted by Crippen LogP contribution is 2.16. The molecule has 0 fully saturated rings. The number of nitrogen functional groups attached to an aromatic ring is 1. The van der Waals surface area contributed by atoms with Gasteiger partial charge in [0.05, 0.1) is 0 Å². The number of nitrogens with zero attached hydrogens (tertiary/aromatic N) is 3. The van der Waals surface area contributed by atoms with Crippen molar-refractivity contribution in [2.45, 2.75) is 27.7 Å². The van der Waals surface area contributed by atoms with Crippen molar-refractivity contribution in [2.24, 2.45) is 0 Å². The summed E-state index contributed by atoms with van der Waals surface area (Å²) in [4.78, 5) is 10.8. The van der Waals surface area contributed by atoms with Gasteiger partial charge in [-0.05, 0) is 26.9 Å². The van der Waals surface area contributed by atoms with E-state index in [9.17, 15) is 0 Å². The highest BCUT2D eigenvalue weighted by molar-refractivity contribution is 5.54. The predicted octanol–water partition coefficient (Wildman–Crippen LogP) is 1.43. The molecule has 0 aliphatic heterocycles. The number of aryl methyl sites for hydroxylation is 1. The zero-order valence-corrected chi connectivity index (χ0v) is 11.2. The summed E-state index contributed by atoms with van der Waals surface area (Å²) in [6.07, 6.45) is 0. The molecular weight excluding hydrogens is 214 g/mol. The van der Waals surface area contributed by atoms with Gasteiger partial charge in [0.1, 0.15) is 17.5 Å². The molecule has 0 atom stereocenters. The summed E-state index contributed by atoms with van der Waals surface area (Å²) >= 11 is 0. The Morgan fingerprint density at radius 2 is 1.82 bits per heavy atom. The van der Waals surface area contributed by atoms with E-state index in [0.717, 1.165) is 37.6 Å². The van der Waals surface area contributed by atoms with Crippen LogP contribution in [0.25, 0.3) is 0 Å². The molecule has 0 aliphatic rings. The molecule has 0 saturated carbocycles. The largest absolute Gasteiger partial charge is 0.383 e. The van der Waals surface area contributed by atoms with Crippen LogP contribution in [0.2, 0.25) is 0 Å². The van der Waals surface area contributed by atoms with Gasteiger partial charge in [0, 0.05) is 18.7 Å². The molecule has 5 nitrogen and oxygen atoms in total. The fourth-order valence-corrected chi connectivity index (χ4v) is 1.69. The molecule has 0 amide bonds. The smallest absolute Gasteiger partial charge is 0.134 e. The first-order chi connectivity index (χ1) is 8.08. The van der Waals surface area contributed by atoms with Crippen molar-refractivity contribution in [3.8, 4) is 0 Å². The first kappa shape index (κ1) is 13.7. The number of nitrogens with two attached hydrogens (primary N) is 1. The standard InChI is InChI=1S/C12H23N5/c1-5-17(6-2)8-7-14-12-9(3)11(13)15-10(4)16-12/h5-8H2,1-4H3,(H3,13,14,15,16). The molecule has 0 saturated heterocycles. The van der Waals surface area contributed by atoms with Gasteiger partial charge in [-0.1, -0.05) is 13.8 Å². The summed E-state index contributed by atoms with van der Waals surface area (Å²) in [5.74, 6) is 2.11. The van der Waals surface area contributed by atoms with Crippen LogP contribution in [0.5, 0.6) is 0 Å². The summed E-state index contributed by atoms with van der Waals surface area (Å²) in [5, 5.41) is 3.32. The van der Waals surface area contributed by atoms with Crippen LogP contribution in [0, 0.1) is 13.8 Å². The van der Waals surface area contributed by atoms with Gasteiger partial charge in [-0.15, -0.1) is 0 Å². The Kier molecular flexibility index (Phi) is 5.15. The summed E-state index contributed by atoms with van der Waals surface area (Å²) in [5.41, 5.74) is 6.73. The van der Waals surface area contributed by atoms with Gasteiger partial charge in [-0.3, -0.25) is 0 Å². The molecule has 5 heteroatoms. The van der Waals surface area contributed by atoms with Gasteiger partial charge < -0.3 is 16.0 Å². The molecule has 0 unspecified atom stereocenters. The minimum atomic E-state index is 0.558. The molecule has 0 spiro atoms. The van der Waals surface area contributed by atoms with Crippen LogP contribution in [0.15, 0.2) is 0 Å². The molecule has 96 valence electrons. The van der Waals surface area contributed by atoms with E-state index in [1.807, 2.05) is 13.8 Å². The minimum Gasteiger partial charge on any atom is -0.383 e. The second kappa shape index (κ2) is 6.39. The van der Waals surface area contributed by atoms with Gasteiger partial charge in [-0.2, -0.15) is 0 Å². The average Bonchev–Trinajstić information content (AvgIpc) is 2.30. The van der Waals surface area contributed by atoms with Crippen molar-refractivity contribution in [3.63, 3.8) is 0 Å². The van der Waals surface area contributed by atoms with E-state index in [4.69, 9.17) is 5.73 Å². The van der Waals surface area contributed by atoms with Crippen LogP contribution < -0.4 is 11.1 Å². The number of hydrogen-bond donors (Lipinski definition) is 2. The number of anilines is 2. The quantitative estimate of drug-likeness (QED) is 0.783. The Morgan fingerprint density at radius 3 is 2.41 bits per heavy atom. The van der Waals surface area contributed by atoms with Crippen LogP contribution in [-0.4, -0.2) is 41.0 Å². The van der Waals surface area contributed by atoms with Crippen molar-refractivity contribution >= 4 is 11.6 Å². The van der Waals surface area contributed by atoms with E-state index < -0.39 is 0 Å². The summed E-state index contributed by atoms with van der Waals surface area (Å²) in [7, 11) is 0. The SMILES string of the molecule is CCN(CC)CCNc1nc(C)nc(N)c1C. The third kappa shape index (κ3) is 3.85. The van der Waals surface area contributed by atoms with Gasteiger partial charge in [0.2, 0.25) is 0 Å². The number of hydrogen-bond acceptors (Lipinski definition) is 5. The molecule has 0 bridgehead atoms. The lowest BCUT2D eigenvalue weighted by atomic mass is 10.3. The third-order valence-corrected chi connectivity index (χ3v) is 2.91. The molecule has 1 rings (SSSR count). The third-order valence-electron chi connectivity index (χ3n) is 2.91. The molecule has 17 heavy (non-hydrogen) atoms. The number of likely N-dealkylation sites (N-methyl/N-ethyl adjacent to an activating group) is 1. The second-order valence-electron chi connectivity index (χ2n) is 4.08. The van der Waals surface area contributed by atoms with Crippen molar-refractivity contribution in [3.05, 3.63) is 11.4 Å². The van der Waals surface area contributed by atoms with Gasteiger partial charge >= 0.3 is 0 Å². The van der Waals surface area contributed by atoms with Crippen LogP contribution in [0.1, 0.15) is 25.2 Å². The maximum absolute atomic E-state index is 5.80. The lowest BCUT2D eigenvalue weighted by Crippen LogP contribution is -2.29. The Morgan fingerprint density at radius 1 is 1.18 bits per heavy atom. The first-order valence-corrected chi connectivity index (χ1v) is 6.15. The van der Waals surface area contributed by atoms with Crippen LogP contribution in [-0.2, 0) is 0 Å². The average molecular weight is 237 g/mol.